The van der Waals surface area contributed by atoms with Crippen molar-refractivity contribution in [1.82, 2.24) is 9.36 Å². The normalized spacial score (nSPS) is 10.3. The number of hydrogen-bond donors (Lipinski definition) is 2. The lowest BCUT2D eigenvalue weighted by molar-refractivity contribution is 0.0466. The molecule has 0 saturated carbocycles. The van der Waals surface area contributed by atoms with Crippen molar-refractivity contribution >= 4 is 29.1 Å². The van der Waals surface area contributed by atoms with Gasteiger partial charge in [-0.15, -0.1) is 0 Å². The Morgan fingerprint density at radius 1 is 1.13 bits per heavy atom. The van der Waals surface area contributed by atoms with Gasteiger partial charge in [-0.05, 0) is 29.2 Å². The van der Waals surface area contributed by atoms with Gasteiger partial charge in [0.2, 0.25) is 0 Å². The van der Waals surface area contributed by atoms with Crippen LogP contribution in [0.3, 0.4) is 0 Å². The highest BCUT2D eigenvalue weighted by Gasteiger charge is 2.14. The summed E-state index contributed by atoms with van der Waals surface area (Å²) in [5.74, 6) is -0.850. The van der Waals surface area contributed by atoms with E-state index in [9.17, 15) is 9.59 Å². The maximum absolute atomic E-state index is 12.0. The van der Waals surface area contributed by atoms with Gasteiger partial charge in [0.15, 0.2) is 0 Å². The lowest BCUT2D eigenvalue weighted by Gasteiger charge is -2.03. The van der Waals surface area contributed by atoms with Crippen molar-refractivity contribution in [3.63, 3.8) is 0 Å². The van der Waals surface area contributed by atoms with E-state index < -0.39 is 5.97 Å². The van der Waals surface area contributed by atoms with Gasteiger partial charge < -0.3 is 15.0 Å². The summed E-state index contributed by atoms with van der Waals surface area (Å²) in [6, 6.07) is 12.4. The van der Waals surface area contributed by atoms with Crippen LogP contribution in [0, 0.1) is 0 Å². The molecule has 0 aliphatic carbocycles. The molecule has 0 aliphatic heterocycles. The van der Waals surface area contributed by atoms with Crippen molar-refractivity contribution in [3.8, 4) is 0 Å². The molecular formula is C16H13N3O3S. The molecule has 2 heterocycles. The lowest BCUT2D eigenvalue weighted by Crippen LogP contribution is -2.12. The second-order valence-electron chi connectivity index (χ2n) is 4.71. The highest BCUT2D eigenvalue weighted by atomic mass is 32.1. The summed E-state index contributed by atoms with van der Waals surface area (Å²) in [5, 5.41) is 4.39. The van der Waals surface area contributed by atoms with Gasteiger partial charge >= 0.3 is 5.97 Å². The predicted octanol–water partition coefficient (Wildman–Crippen LogP) is 3.08. The predicted molar refractivity (Wildman–Crippen MR) is 86.4 cm³/mol. The minimum absolute atomic E-state index is 0.181. The molecule has 7 heteroatoms. The first kappa shape index (κ1) is 15.0. The number of ether oxygens (including phenoxy) is 1. The van der Waals surface area contributed by atoms with Crippen LogP contribution in [0.5, 0.6) is 0 Å². The average molecular weight is 327 g/mol. The lowest BCUT2D eigenvalue weighted by atomic mass is 10.2. The highest BCUT2D eigenvalue weighted by Crippen LogP contribution is 2.11. The third kappa shape index (κ3) is 3.83. The fraction of sp³-hybridized carbons (Fsp3) is 0.0625. The smallest absolute Gasteiger partial charge is 0.355 e. The van der Waals surface area contributed by atoms with Crippen LogP contribution >= 0.6 is 11.5 Å². The van der Waals surface area contributed by atoms with Gasteiger partial charge in [-0.25, -0.2) is 4.79 Å². The quantitative estimate of drug-likeness (QED) is 0.705. The van der Waals surface area contributed by atoms with Crippen LogP contribution in [-0.4, -0.2) is 21.2 Å². The largest absolute Gasteiger partial charge is 0.456 e. The number of aromatic amines is 1. The molecule has 0 unspecified atom stereocenters. The minimum Gasteiger partial charge on any atom is -0.456 e. The number of carbonyl (C=O) groups is 2. The van der Waals surface area contributed by atoms with Crippen molar-refractivity contribution in [3.05, 3.63) is 71.0 Å². The van der Waals surface area contributed by atoms with Gasteiger partial charge in [-0.3, -0.25) is 4.79 Å². The molecule has 116 valence electrons. The van der Waals surface area contributed by atoms with Crippen LogP contribution in [0.15, 0.2) is 54.0 Å². The van der Waals surface area contributed by atoms with Crippen LogP contribution in [0.2, 0.25) is 0 Å². The molecule has 0 fully saturated rings. The first-order valence-electron chi connectivity index (χ1n) is 6.83. The summed E-state index contributed by atoms with van der Waals surface area (Å²) < 4.78 is 9.10. The molecule has 0 saturated heterocycles. The van der Waals surface area contributed by atoms with Crippen molar-refractivity contribution in [2.24, 2.45) is 0 Å². The fourth-order valence-electron chi connectivity index (χ4n) is 1.91. The van der Waals surface area contributed by atoms with E-state index in [1.54, 1.807) is 11.6 Å². The van der Waals surface area contributed by atoms with Crippen molar-refractivity contribution in [2.45, 2.75) is 6.61 Å². The molecule has 0 atom stereocenters. The second kappa shape index (κ2) is 6.89. The average Bonchev–Trinajstić information content (AvgIpc) is 3.25. The number of nitrogens with one attached hydrogen (secondary N) is 2. The molecule has 23 heavy (non-hydrogen) atoms. The number of rotatable bonds is 5. The summed E-state index contributed by atoms with van der Waals surface area (Å²) >= 11 is 1.24. The number of anilines is 1. The molecule has 2 N–H and O–H groups in total. The fourth-order valence-corrected chi connectivity index (χ4v) is 2.38. The van der Waals surface area contributed by atoms with Gasteiger partial charge in [0.05, 0.1) is 11.9 Å². The molecule has 0 bridgehead atoms. The molecular weight excluding hydrogens is 314 g/mol. The summed E-state index contributed by atoms with van der Waals surface area (Å²) in [6.45, 7) is 0.181. The number of benzene rings is 1. The van der Waals surface area contributed by atoms with Crippen LogP contribution < -0.4 is 5.32 Å². The Hall–Kier alpha value is -2.93. The number of amides is 1. The van der Waals surface area contributed by atoms with Crippen LogP contribution in [0.4, 0.5) is 5.69 Å². The Morgan fingerprint density at radius 2 is 1.91 bits per heavy atom. The van der Waals surface area contributed by atoms with Gasteiger partial charge in [0.1, 0.15) is 18.0 Å². The third-order valence-corrected chi connectivity index (χ3v) is 3.64. The zero-order valence-electron chi connectivity index (χ0n) is 12.0. The Kier molecular flexibility index (Phi) is 4.49. The van der Waals surface area contributed by atoms with E-state index in [0.29, 0.717) is 5.69 Å². The molecule has 3 aromatic rings. The molecule has 6 nitrogen and oxygen atoms in total. The van der Waals surface area contributed by atoms with E-state index in [1.165, 1.54) is 23.7 Å². The molecule has 1 amide bonds. The monoisotopic (exact) mass is 327 g/mol. The van der Waals surface area contributed by atoms with Gasteiger partial charge in [0, 0.05) is 5.38 Å². The van der Waals surface area contributed by atoms with Gasteiger partial charge in [-0.2, -0.15) is 4.37 Å². The molecule has 1 aromatic carbocycles. The number of carbonyl (C=O) groups excluding carboxylic acids is 2. The first-order chi connectivity index (χ1) is 11.2. The Labute approximate surface area is 136 Å². The standard InChI is InChI=1S/C16H13N3O3S/c20-15(18-12-8-17-23-10-12)13-6-7-14(19-13)16(21)22-9-11-4-2-1-3-5-11/h1-8,10,19H,9H2,(H,18,20). The van der Waals surface area contributed by atoms with E-state index in [0.717, 1.165) is 5.56 Å². The van der Waals surface area contributed by atoms with Crippen molar-refractivity contribution in [1.29, 1.82) is 0 Å². The third-order valence-electron chi connectivity index (χ3n) is 3.05. The van der Waals surface area contributed by atoms with E-state index in [1.807, 2.05) is 30.3 Å². The summed E-state index contributed by atoms with van der Waals surface area (Å²) in [7, 11) is 0. The van der Waals surface area contributed by atoms with Gasteiger partial charge in [0.25, 0.3) is 5.91 Å². The molecule has 2 aromatic heterocycles. The highest BCUT2D eigenvalue weighted by molar-refractivity contribution is 7.04. The summed E-state index contributed by atoms with van der Waals surface area (Å²) in [5.41, 5.74) is 2.02. The SMILES string of the molecule is O=C(Nc1cnsc1)c1ccc(C(=O)OCc2ccccc2)[nH]1. The second-order valence-corrected chi connectivity index (χ2v) is 5.37. The Balaban J connectivity index is 1.59. The zero-order valence-corrected chi connectivity index (χ0v) is 12.8. The number of hydrogen-bond acceptors (Lipinski definition) is 5. The minimum atomic E-state index is -0.509. The van der Waals surface area contributed by atoms with Gasteiger partial charge in [-0.1, -0.05) is 30.3 Å². The zero-order chi connectivity index (χ0) is 16.1. The number of H-pyrrole nitrogens is 1. The number of nitrogens with zero attached hydrogens (tertiary/aromatic N) is 1. The first-order valence-corrected chi connectivity index (χ1v) is 7.67. The van der Waals surface area contributed by atoms with E-state index in [2.05, 4.69) is 14.7 Å². The Bertz CT molecular complexity index is 797. The summed E-state index contributed by atoms with van der Waals surface area (Å²) in [4.78, 5) is 26.7. The molecule has 0 radical (unpaired) electrons. The Morgan fingerprint density at radius 3 is 2.65 bits per heavy atom. The number of esters is 1. The maximum Gasteiger partial charge on any atom is 0.355 e. The molecule has 3 rings (SSSR count). The maximum atomic E-state index is 12.0. The molecule has 0 spiro atoms. The van der Waals surface area contributed by atoms with E-state index in [-0.39, 0.29) is 23.9 Å². The van der Waals surface area contributed by atoms with E-state index >= 15 is 0 Å². The summed E-state index contributed by atoms with van der Waals surface area (Å²) in [6.07, 6.45) is 1.56. The molecule has 0 aliphatic rings. The van der Waals surface area contributed by atoms with Crippen LogP contribution in [0.25, 0.3) is 0 Å². The van der Waals surface area contributed by atoms with E-state index in [4.69, 9.17) is 4.74 Å². The van der Waals surface area contributed by atoms with Crippen LogP contribution in [0.1, 0.15) is 26.5 Å². The van der Waals surface area contributed by atoms with Crippen molar-refractivity contribution < 1.29 is 14.3 Å². The van der Waals surface area contributed by atoms with Crippen LogP contribution in [-0.2, 0) is 11.3 Å². The van der Waals surface area contributed by atoms with Crippen molar-refractivity contribution in [2.75, 3.05) is 5.32 Å². The number of aromatic nitrogens is 2. The topological polar surface area (TPSA) is 84.1 Å².